The zero-order chi connectivity index (χ0) is 37.5. The quantitative estimate of drug-likeness (QED) is 0.173. The second-order valence-corrected chi connectivity index (χ2v) is 14.9. The van der Waals surface area contributed by atoms with Crippen LogP contribution < -0.4 is 0 Å². The van der Waals surface area contributed by atoms with Gasteiger partial charge < -0.3 is 13.6 Å². The van der Waals surface area contributed by atoms with Crippen molar-refractivity contribution in [2.24, 2.45) is 0 Å². The summed E-state index contributed by atoms with van der Waals surface area (Å²) < 4.78 is 11.2. The van der Waals surface area contributed by atoms with Gasteiger partial charge >= 0.3 is 0 Å². The van der Waals surface area contributed by atoms with E-state index in [9.17, 15) is 0 Å². The Labute approximate surface area is 328 Å². The minimum absolute atomic E-state index is 0.891. The van der Waals surface area contributed by atoms with E-state index < -0.39 is 0 Å². The van der Waals surface area contributed by atoms with Crippen LogP contribution in [0.1, 0.15) is 0 Å². The van der Waals surface area contributed by atoms with E-state index in [0.29, 0.717) is 0 Å². The first kappa shape index (κ1) is 31.7. The lowest BCUT2D eigenvalue weighted by Gasteiger charge is -2.09. The first-order chi connectivity index (χ1) is 28.3. The Hall–Kier alpha value is -7.62. The Bertz CT molecular complexity index is 3490. The molecule has 0 saturated carbocycles. The molecule has 0 spiro atoms. The van der Waals surface area contributed by atoms with Crippen LogP contribution in [0.3, 0.4) is 0 Å². The molecular formula is C54H34N2O. The molecule has 9 aromatic carbocycles. The number of furan rings is 1. The molecule has 0 atom stereocenters. The third kappa shape index (κ3) is 4.92. The number of hydrogen-bond donors (Lipinski definition) is 0. The second kappa shape index (κ2) is 12.5. The highest BCUT2D eigenvalue weighted by Crippen LogP contribution is 2.41. The van der Waals surface area contributed by atoms with E-state index in [1.807, 2.05) is 0 Å². The molecule has 3 heteroatoms. The molecule has 0 amide bonds. The van der Waals surface area contributed by atoms with Gasteiger partial charge in [0.1, 0.15) is 11.2 Å². The van der Waals surface area contributed by atoms with Crippen LogP contribution in [0.4, 0.5) is 0 Å². The average molecular weight is 727 g/mol. The Morgan fingerprint density at radius 2 is 0.737 bits per heavy atom. The van der Waals surface area contributed by atoms with Gasteiger partial charge in [0.05, 0.1) is 22.1 Å². The first-order valence-corrected chi connectivity index (χ1v) is 19.5. The molecule has 0 fully saturated rings. The minimum atomic E-state index is 0.891. The van der Waals surface area contributed by atoms with Crippen molar-refractivity contribution in [3.8, 4) is 44.8 Å². The lowest BCUT2D eigenvalue weighted by atomic mass is 9.95. The maximum atomic E-state index is 6.48. The normalized spacial score (nSPS) is 11.9. The molecule has 0 radical (unpaired) electrons. The molecule has 3 aromatic heterocycles. The number of hydrogen-bond acceptors (Lipinski definition) is 1. The van der Waals surface area contributed by atoms with E-state index in [2.05, 4.69) is 215 Å². The van der Waals surface area contributed by atoms with E-state index in [0.717, 1.165) is 44.3 Å². The highest BCUT2D eigenvalue weighted by Gasteiger charge is 2.17. The highest BCUT2D eigenvalue weighted by atomic mass is 16.3. The molecule has 12 rings (SSSR count). The summed E-state index contributed by atoms with van der Waals surface area (Å²) in [6, 6.07) is 74.4. The van der Waals surface area contributed by atoms with E-state index in [1.165, 1.54) is 66.0 Å². The standard InChI is InChI=1S/C54H34N2O/c1-3-12-40(13-4-1)55-48-19-9-7-16-43(48)45-32-37(26-29-50(45)55)35-22-24-36(25-23-35)42-18-11-21-53-54(42)47-34-39(28-31-52(47)57-53)38-27-30-51-46(33-38)44-17-8-10-20-49(44)56(51)41-14-5-2-6-15-41/h1-34H. The van der Waals surface area contributed by atoms with Gasteiger partial charge in [0.25, 0.3) is 0 Å². The predicted octanol–water partition coefficient (Wildman–Crippen LogP) is 14.8. The zero-order valence-corrected chi connectivity index (χ0v) is 30.9. The molecule has 12 aromatic rings. The second-order valence-electron chi connectivity index (χ2n) is 14.9. The molecule has 57 heavy (non-hydrogen) atoms. The molecule has 0 N–H and O–H groups in total. The maximum absolute atomic E-state index is 6.48. The molecule has 0 bridgehead atoms. The van der Waals surface area contributed by atoms with E-state index in [1.54, 1.807) is 0 Å². The predicted molar refractivity (Wildman–Crippen MR) is 239 cm³/mol. The van der Waals surface area contributed by atoms with Crippen molar-refractivity contribution in [3.63, 3.8) is 0 Å². The molecule has 0 aliphatic carbocycles. The molecule has 266 valence electrons. The van der Waals surface area contributed by atoms with Gasteiger partial charge in [0.2, 0.25) is 0 Å². The zero-order valence-electron chi connectivity index (χ0n) is 30.9. The fourth-order valence-electron chi connectivity index (χ4n) is 9.10. The van der Waals surface area contributed by atoms with Gasteiger partial charge in [0, 0.05) is 43.7 Å². The van der Waals surface area contributed by atoms with Crippen LogP contribution in [0.5, 0.6) is 0 Å². The van der Waals surface area contributed by atoms with Crippen molar-refractivity contribution in [3.05, 3.63) is 206 Å². The van der Waals surface area contributed by atoms with Gasteiger partial charge in [-0.25, -0.2) is 0 Å². The summed E-state index contributed by atoms with van der Waals surface area (Å²) in [6.45, 7) is 0. The Morgan fingerprint density at radius 3 is 1.33 bits per heavy atom. The van der Waals surface area contributed by atoms with Crippen LogP contribution in [-0.4, -0.2) is 9.13 Å². The van der Waals surface area contributed by atoms with E-state index >= 15 is 0 Å². The maximum Gasteiger partial charge on any atom is 0.136 e. The van der Waals surface area contributed by atoms with Crippen molar-refractivity contribution in [1.29, 1.82) is 0 Å². The van der Waals surface area contributed by atoms with Crippen molar-refractivity contribution < 1.29 is 4.42 Å². The number of benzene rings is 9. The van der Waals surface area contributed by atoms with Crippen LogP contribution in [0.15, 0.2) is 211 Å². The van der Waals surface area contributed by atoms with Crippen molar-refractivity contribution in [2.75, 3.05) is 0 Å². The number of rotatable bonds is 5. The lowest BCUT2D eigenvalue weighted by Crippen LogP contribution is -1.92. The van der Waals surface area contributed by atoms with Crippen LogP contribution in [0, 0.1) is 0 Å². The average Bonchev–Trinajstić information content (AvgIpc) is 3.94. The summed E-state index contributed by atoms with van der Waals surface area (Å²) in [5, 5.41) is 7.26. The number of fused-ring (bicyclic) bond motifs is 9. The molecule has 3 heterocycles. The Kier molecular flexibility index (Phi) is 6.93. The third-order valence-corrected chi connectivity index (χ3v) is 11.7. The van der Waals surface area contributed by atoms with E-state index in [4.69, 9.17) is 4.42 Å². The van der Waals surface area contributed by atoms with Crippen LogP contribution in [0.2, 0.25) is 0 Å². The highest BCUT2D eigenvalue weighted by molar-refractivity contribution is 6.15. The smallest absolute Gasteiger partial charge is 0.136 e. The summed E-state index contributed by atoms with van der Waals surface area (Å²) >= 11 is 0. The minimum Gasteiger partial charge on any atom is -0.456 e. The van der Waals surface area contributed by atoms with Crippen molar-refractivity contribution in [1.82, 2.24) is 9.13 Å². The topological polar surface area (TPSA) is 23.0 Å². The monoisotopic (exact) mass is 726 g/mol. The van der Waals surface area contributed by atoms with Gasteiger partial charge in [-0.1, -0.05) is 127 Å². The molecule has 0 aliphatic rings. The first-order valence-electron chi connectivity index (χ1n) is 19.5. The van der Waals surface area contributed by atoms with Gasteiger partial charge in [-0.15, -0.1) is 0 Å². The number of nitrogens with zero attached hydrogens (tertiary/aromatic N) is 2. The Balaban J connectivity index is 0.943. The summed E-state index contributed by atoms with van der Waals surface area (Å²) in [7, 11) is 0. The SMILES string of the molecule is c1ccc(-n2c3ccccc3c3cc(-c4ccc(-c5cccc6oc7ccc(-c8ccc9c(c8)c8ccccc8n9-c8ccccc8)cc7c56)cc4)ccc32)cc1. The fraction of sp³-hybridized carbons (Fsp3) is 0. The largest absolute Gasteiger partial charge is 0.456 e. The summed E-state index contributed by atoms with van der Waals surface area (Å²) in [5.41, 5.74) is 16.0. The van der Waals surface area contributed by atoms with Gasteiger partial charge in [-0.2, -0.15) is 0 Å². The van der Waals surface area contributed by atoms with Crippen molar-refractivity contribution in [2.45, 2.75) is 0 Å². The molecule has 0 unspecified atom stereocenters. The molecule has 3 nitrogen and oxygen atoms in total. The molecular weight excluding hydrogens is 693 g/mol. The van der Waals surface area contributed by atoms with Gasteiger partial charge in [-0.05, 0) is 112 Å². The van der Waals surface area contributed by atoms with Gasteiger partial charge in [0.15, 0.2) is 0 Å². The summed E-state index contributed by atoms with van der Waals surface area (Å²) in [5.74, 6) is 0. The lowest BCUT2D eigenvalue weighted by molar-refractivity contribution is 0.669. The van der Waals surface area contributed by atoms with Crippen LogP contribution in [0.25, 0.3) is 110 Å². The molecule has 0 saturated heterocycles. The fourth-order valence-corrected chi connectivity index (χ4v) is 9.10. The summed E-state index contributed by atoms with van der Waals surface area (Å²) in [4.78, 5) is 0. The number of aromatic nitrogens is 2. The van der Waals surface area contributed by atoms with E-state index in [-0.39, 0.29) is 0 Å². The van der Waals surface area contributed by atoms with Gasteiger partial charge in [-0.3, -0.25) is 0 Å². The number of para-hydroxylation sites is 4. The third-order valence-electron chi connectivity index (χ3n) is 11.7. The molecule has 0 aliphatic heterocycles. The Morgan fingerprint density at radius 1 is 0.281 bits per heavy atom. The summed E-state index contributed by atoms with van der Waals surface area (Å²) in [6.07, 6.45) is 0. The van der Waals surface area contributed by atoms with Crippen LogP contribution >= 0.6 is 0 Å². The van der Waals surface area contributed by atoms with Crippen molar-refractivity contribution >= 4 is 65.6 Å². The van der Waals surface area contributed by atoms with Crippen LogP contribution in [-0.2, 0) is 0 Å².